The number of hydrogen-bond acceptors (Lipinski definition) is 8. The van der Waals surface area contributed by atoms with Gasteiger partial charge in [0.05, 0.1) is 18.3 Å². The number of furan rings is 1. The minimum absolute atomic E-state index is 0.136. The van der Waals surface area contributed by atoms with E-state index >= 15 is 0 Å². The molecule has 1 saturated heterocycles. The Kier molecular flexibility index (Phi) is 10.4. The van der Waals surface area contributed by atoms with Crippen molar-refractivity contribution in [3.8, 4) is 0 Å². The van der Waals surface area contributed by atoms with E-state index in [1.54, 1.807) is 41.1 Å². The molecule has 5 aromatic rings. The van der Waals surface area contributed by atoms with E-state index in [1.165, 1.54) is 6.26 Å². The van der Waals surface area contributed by atoms with E-state index in [1.807, 2.05) is 121 Å². The highest BCUT2D eigenvalue weighted by atomic mass is 16.7. The van der Waals surface area contributed by atoms with Crippen LogP contribution in [0.25, 0.3) is 0 Å². The summed E-state index contributed by atoms with van der Waals surface area (Å²) in [5.74, 6) is -0.422. The Hall–Kier alpha value is -4.51. The number of aliphatic hydroxyl groups is 1. The molecule has 0 amide bonds. The van der Waals surface area contributed by atoms with Gasteiger partial charge in [-0.3, -0.25) is 4.79 Å². The van der Waals surface area contributed by atoms with Crippen molar-refractivity contribution >= 4 is 18.6 Å². The number of carbonyl (C=O) groups excluding carboxylic acids is 1. The van der Waals surface area contributed by atoms with Crippen molar-refractivity contribution in [3.05, 3.63) is 162 Å². The Morgan fingerprint density at radius 1 is 0.700 bits per heavy atom. The van der Waals surface area contributed by atoms with Gasteiger partial charge < -0.3 is 33.0 Å². The number of rotatable bonds is 13. The maximum absolute atomic E-state index is 13.0. The number of hydrogen-bond donors (Lipinski definition) is 1. The Balaban J connectivity index is 1.60. The lowest BCUT2D eigenvalue weighted by atomic mass is 9.71. The first-order valence-corrected chi connectivity index (χ1v) is 16.8. The topological polar surface area (TPSA) is 96.6 Å². The molecule has 0 saturated carbocycles. The van der Waals surface area contributed by atoms with E-state index in [9.17, 15) is 9.90 Å². The number of carbonyl (C=O) groups is 1. The van der Waals surface area contributed by atoms with Crippen LogP contribution in [0.3, 0.4) is 0 Å². The molecule has 3 atom stereocenters. The van der Waals surface area contributed by atoms with Crippen LogP contribution in [0.2, 0.25) is 0 Å². The largest absolute Gasteiger partial charge is 0.498 e. The van der Waals surface area contributed by atoms with E-state index in [2.05, 4.69) is 0 Å². The molecule has 0 radical (unpaired) electrons. The van der Waals surface area contributed by atoms with E-state index in [0.717, 1.165) is 22.3 Å². The second-order valence-corrected chi connectivity index (χ2v) is 12.9. The molecular weight excluding hydrogens is 631 g/mol. The second-order valence-electron chi connectivity index (χ2n) is 12.9. The number of esters is 1. The van der Waals surface area contributed by atoms with E-state index in [0.29, 0.717) is 5.46 Å². The molecule has 258 valence electrons. The molecule has 0 aliphatic carbocycles. The zero-order valence-corrected chi connectivity index (χ0v) is 29.0. The lowest BCUT2D eigenvalue weighted by molar-refractivity contribution is -0.161. The molecule has 50 heavy (non-hydrogen) atoms. The average molecular weight is 675 g/mol. The molecule has 2 heterocycles. The summed E-state index contributed by atoms with van der Waals surface area (Å²) in [5, 5.41) is 11.7. The second kappa shape index (κ2) is 14.8. The van der Waals surface area contributed by atoms with Crippen molar-refractivity contribution in [2.75, 3.05) is 20.8 Å². The number of methoxy groups -OCH3 is 2. The maximum Gasteiger partial charge on any atom is 0.498 e. The SMILES string of the molecule is CCOC(=O)C(C)(C)[C@@H](O)c1occc1B1O[C@@H](C(OC)(c2ccccc2)c2ccccc2)[C@H](C(OC)(c2ccccc2)c2ccccc2)O1. The van der Waals surface area contributed by atoms with Gasteiger partial charge in [0.2, 0.25) is 0 Å². The summed E-state index contributed by atoms with van der Waals surface area (Å²) in [7, 11) is 2.26. The van der Waals surface area contributed by atoms with Crippen molar-refractivity contribution in [2.24, 2.45) is 5.41 Å². The summed E-state index contributed by atoms with van der Waals surface area (Å²) in [6.45, 7) is 5.13. The predicted molar refractivity (Wildman–Crippen MR) is 191 cm³/mol. The van der Waals surface area contributed by atoms with E-state index in [4.69, 9.17) is 27.9 Å². The Bertz CT molecular complexity index is 1650. The maximum atomic E-state index is 13.0. The highest BCUT2D eigenvalue weighted by molar-refractivity contribution is 6.62. The molecular formula is C41H43BO8. The van der Waals surface area contributed by atoms with Gasteiger partial charge in [0.1, 0.15) is 35.3 Å². The van der Waals surface area contributed by atoms with Crippen molar-refractivity contribution in [3.63, 3.8) is 0 Å². The fourth-order valence-electron chi connectivity index (χ4n) is 7.15. The summed E-state index contributed by atoms with van der Waals surface area (Å²) in [6, 6.07) is 41.4. The van der Waals surface area contributed by atoms with Gasteiger partial charge in [-0.05, 0) is 49.1 Å². The van der Waals surface area contributed by atoms with Crippen molar-refractivity contribution in [2.45, 2.75) is 50.3 Å². The molecule has 0 bridgehead atoms. The first-order chi connectivity index (χ1) is 24.2. The summed E-state index contributed by atoms with van der Waals surface area (Å²) in [6.07, 6.45) is -1.64. The molecule has 1 fully saturated rings. The van der Waals surface area contributed by atoms with Gasteiger partial charge in [0.25, 0.3) is 0 Å². The van der Waals surface area contributed by atoms with Gasteiger partial charge in [-0.15, -0.1) is 0 Å². The van der Waals surface area contributed by atoms with Gasteiger partial charge in [-0.25, -0.2) is 0 Å². The quantitative estimate of drug-likeness (QED) is 0.111. The molecule has 1 aliphatic heterocycles. The third-order valence-electron chi connectivity index (χ3n) is 9.79. The van der Waals surface area contributed by atoms with Crippen LogP contribution in [0.15, 0.2) is 138 Å². The first-order valence-electron chi connectivity index (χ1n) is 16.8. The lowest BCUT2D eigenvalue weighted by Crippen LogP contribution is -2.56. The third kappa shape index (κ3) is 5.99. The van der Waals surface area contributed by atoms with Gasteiger partial charge >= 0.3 is 13.1 Å². The average Bonchev–Trinajstić information content (AvgIpc) is 3.83. The van der Waals surface area contributed by atoms with Gasteiger partial charge in [0, 0.05) is 19.7 Å². The smallest absolute Gasteiger partial charge is 0.467 e. The van der Waals surface area contributed by atoms with Crippen LogP contribution in [-0.2, 0) is 39.5 Å². The molecule has 4 aromatic carbocycles. The van der Waals surface area contributed by atoms with Gasteiger partial charge in [0.15, 0.2) is 0 Å². The van der Waals surface area contributed by atoms with Crippen molar-refractivity contribution in [1.82, 2.24) is 0 Å². The minimum atomic E-state index is -1.37. The first kappa shape index (κ1) is 35.3. The molecule has 1 N–H and O–H groups in total. The fourth-order valence-corrected chi connectivity index (χ4v) is 7.15. The normalized spacial score (nSPS) is 17.4. The van der Waals surface area contributed by atoms with Crippen LogP contribution >= 0.6 is 0 Å². The highest BCUT2D eigenvalue weighted by Gasteiger charge is 2.62. The van der Waals surface area contributed by atoms with Crippen molar-refractivity contribution in [1.29, 1.82) is 0 Å². The Labute approximate surface area is 294 Å². The molecule has 0 spiro atoms. The standard InChI is InChI=1S/C41H43BO8/c1-6-47-38(44)39(2,3)35(43)34-33(27-28-48-34)42-49-36(40(45-4,29-19-11-7-12-20-29)30-21-13-8-14-22-30)37(50-42)41(46-5,31-23-15-9-16-24-31)32-25-17-10-18-26-32/h7-28,35-37,43H,6H2,1-5H3/t35-,36+,37+/m0/s1. The molecule has 9 heteroatoms. The summed E-state index contributed by atoms with van der Waals surface area (Å²) < 4.78 is 38.9. The highest BCUT2D eigenvalue weighted by Crippen LogP contribution is 2.50. The van der Waals surface area contributed by atoms with E-state index in [-0.39, 0.29) is 12.4 Å². The van der Waals surface area contributed by atoms with Crippen LogP contribution in [-0.4, -0.2) is 51.2 Å². The third-order valence-corrected chi connectivity index (χ3v) is 9.79. The van der Waals surface area contributed by atoms with Crippen LogP contribution < -0.4 is 5.46 Å². The fraction of sp³-hybridized carbons (Fsp3) is 0.293. The Morgan fingerprint density at radius 3 is 1.42 bits per heavy atom. The van der Waals surface area contributed by atoms with Crippen LogP contribution in [0.1, 0.15) is 54.9 Å². The molecule has 6 rings (SSSR count). The Morgan fingerprint density at radius 2 is 1.08 bits per heavy atom. The predicted octanol–water partition coefficient (Wildman–Crippen LogP) is 6.56. The van der Waals surface area contributed by atoms with Gasteiger partial charge in [-0.2, -0.15) is 0 Å². The van der Waals surface area contributed by atoms with Crippen LogP contribution in [0.4, 0.5) is 0 Å². The van der Waals surface area contributed by atoms with Gasteiger partial charge in [-0.1, -0.05) is 121 Å². The zero-order valence-electron chi connectivity index (χ0n) is 29.0. The minimum Gasteiger partial charge on any atom is -0.467 e. The van der Waals surface area contributed by atoms with Crippen LogP contribution in [0.5, 0.6) is 0 Å². The number of benzene rings is 4. The summed E-state index contributed by atoms with van der Waals surface area (Å²) in [5.41, 5.74) is 0.0215. The van der Waals surface area contributed by atoms with E-state index < -0.39 is 48.0 Å². The zero-order chi connectivity index (χ0) is 35.4. The number of aliphatic hydroxyl groups excluding tert-OH is 1. The summed E-state index contributed by atoms with van der Waals surface area (Å²) in [4.78, 5) is 13.0. The monoisotopic (exact) mass is 674 g/mol. The number of ether oxygens (including phenoxy) is 3. The lowest BCUT2D eigenvalue weighted by Gasteiger charge is -2.46. The molecule has 0 unspecified atom stereocenters. The van der Waals surface area contributed by atoms with Crippen LogP contribution in [0, 0.1) is 5.41 Å². The molecule has 8 nitrogen and oxygen atoms in total. The molecule has 1 aromatic heterocycles. The van der Waals surface area contributed by atoms with Crippen molar-refractivity contribution < 1.29 is 37.8 Å². The summed E-state index contributed by atoms with van der Waals surface area (Å²) >= 11 is 0. The molecule has 1 aliphatic rings.